The minimum absolute atomic E-state index is 0.256. The van der Waals surface area contributed by atoms with E-state index in [0.717, 1.165) is 38.0 Å². The molecule has 0 aliphatic carbocycles. The molecule has 1 amide bonds. The Morgan fingerprint density at radius 2 is 2.00 bits per heavy atom. The van der Waals surface area contributed by atoms with Gasteiger partial charge in [-0.3, -0.25) is 0 Å². The fraction of sp³-hybridized carbons (Fsp3) is 0.533. The molecule has 0 saturated carbocycles. The number of likely N-dealkylation sites (tertiary alicyclic amines) is 1. The number of alkyl carbamates (subject to hydrolysis) is 1. The molecule has 0 bridgehead atoms. The highest BCUT2D eigenvalue weighted by molar-refractivity contribution is 5.67. The highest BCUT2D eigenvalue weighted by Gasteiger charge is 2.19. The molecule has 0 atom stereocenters. The molecule has 0 spiro atoms. The van der Waals surface area contributed by atoms with Crippen LogP contribution in [-0.2, 0) is 11.3 Å². The molecule has 1 fully saturated rings. The van der Waals surface area contributed by atoms with Crippen molar-refractivity contribution in [2.24, 2.45) is 0 Å². The number of hydrogen-bond donors (Lipinski definition) is 1. The summed E-state index contributed by atoms with van der Waals surface area (Å²) in [6.45, 7) is 5.70. The number of piperidine rings is 1. The molecule has 0 unspecified atom stereocenters. The summed E-state index contributed by atoms with van der Waals surface area (Å²) in [5.74, 6) is 0. The molecule has 0 aromatic heterocycles. The maximum Gasteiger partial charge on any atom is 0.407 e. The lowest BCUT2D eigenvalue weighted by Gasteiger charge is -2.31. The third kappa shape index (κ3) is 4.56. The molecule has 19 heavy (non-hydrogen) atoms. The summed E-state index contributed by atoms with van der Waals surface area (Å²) < 4.78 is 5.22. The zero-order valence-corrected chi connectivity index (χ0v) is 11.5. The molecule has 1 heterocycles. The smallest absolute Gasteiger partial charge is 0.407 e. The van der Waals surface area contributed by atoms with Crippen LogP contribution in [0.15, 0.2) is 30.3 Å². The van der Waals surface area contributed by atoms with E-state index in [2.05, 4.69) is 17.1 Å². The first-order valence-corrected chi connectivity index (χ1v) is 6.97. The second-order valence-electron chi connectivity index (χ2n) is 4.91. The van der Waals surface area contributed by atoms with Gasteiger partial charge in [-0.2, -0.15) is 0 Å². The molecule has 4 heteroatoms. The summed E-state index contributed by atoms with van der Waals surface area (Å²) in [7, 11) is 0. The molecule has 4 nitrogen and oxygen atoms in total. The van der Waals surface area contributed by atoms with Crippen molar-refractivity contribution in [1.29, 1.82) is 0 Å². The second-order valence-corrected chi connectivity index (χ2v) is 4.91. The van der Waals surface area contributed by atoms with Gasteiger partial charge in [0.15, 0.2) is 0 Å². The highest BCUT2D eigenvalue weighted by atomic mass is 16.5. The third-order valence-corrected chi connectivity index (χ3v) is 3.57. The van der Waals surface area contributed by atoms with Gasteiger partial charge in [0.25, 0.3) is 0 Å². The molecule has 0 radical (unpaired) electrons. The third-order valence-electron chi connectivity index (χ3n) is 3.57. The molecule has 1 saturated heterocycles. The van der Waals surface area contributed by atoms with Crippen molar-refractivity contribution < 1.29 is 9.53 Å². The Labute approximate surface area is 114 Å². The molecule has 1 aromatic rings. The average Bonchev–Trinajstić information content (AvgIpc) is 2.47. The van der Waals surface area contributed by atoms with Crippen LogP contribution in [-0.4, -0.2) is 36.7 Å². The number of rotatable bonds is 4. The summed E-state index contributed by atoms with van der Waals surface area (Å²) in [5, 5.41) is 2.95. The van der Waals surface area contributed by atoms with Gasteiger partial charge >= 0.3 is 6.09 Å². The Kier molecular flexibility index (Phi) is 5.21. The van der Waals surface area contributed by atoms with Crippen molar-refractivity contribution in [2.75, 3.05) is 19.6 Å². The summed E-state index contributed by atoms with van der Waals surface area (Å²) in [5.41, 5.74) is 1.01. The van der Waals surface area contributed by atoms with E-state index in [0.29, 0.717) is 6.61 Å². The lowest BCUT2D eigenvalue weighted by molar-refractivity contribution is 0.127. The van der Waals surface area contributed by atoms with Crippen LogP contribution in [0.2, 0.25) is 0 Å². The van der Waals surface area contributed by atoms with Crippen molar-refractivity contribution in [3.63, 3.8) is 0 Å². The molecule has 1 aromatic carbocycles. The minimum Gasteiger partial charge on any atom is -0.445 e. The lowest BCUT2D eigenvalue weighted by Crippen LogP contribution is -2.44. The maximum absolute atomic E-state index is 11.7. The van der Waals surface area contributed by atoms with Crippen molar-refractivity contribution in [1.82, 2.24) is 10.2 Å². The van der Waals surface area contributed by atoms with Gasteiger partial charge in [0.05, 0.1) is 0 Å². The monoisotopic (exact) mass is 262 g/mol. The van der Waals surface area contributed by atoms with Gasteiger partial charge in [0, 0.05) is 19.1 Å². The number of carbonyl (C=O) groups is 1. The van der Waals surface area contributed by atoms with Crippen molar-refractivity contribution in [3.8, 4) is 0 Å². The Balaban J connectivity index is 1.67. The lowest BCUT2D eigenvalue weighted by atomic mass is 10.1. The van der Waals surface area contributed by atoms with Crippen LogP contribution >= 0.6 is 0 Å². The molecule has 1 N–H and O–H groups in total. The van der Waals surface area contributed by atoms with E-state index >= 15 is 0 Å². The topological polar surface area (TPSA) is 41.6 Å². The zero-order chi connectivity index (χ0) is 13.5. The van der Waals surface area contributed by atoms with E-state index in [1.807, 2.05) is 30.3 Å². The molecule has 1 aliphatic heterocycles. The number of nitrogens with zero attached hydrogens (tertiary/aromatic N) is 1. The number of hydrogen-bond acceptors (Lipinski definition) is 3. The quantitative estimate of drug-likeness (QED) is 0.906. The fourth-order valence-corrected chi connectivity index (χ4v) is 2.32. The first-order valence-electron chi connectivity index (χ1n) is 6.97. The predicted octanol–water partition coefficient (Wildman–Crippen LogP) is 2.40. The SMILES string of the molecule is CCN1CCC(NC(=O)OCc2ccccc2)CC1. The molecule has 2 rings (SSSR count). The number of nitrogens with one attached hydrogen (secondary N) is 1. The second kappa shape index (κ2) is 7.14. The highest BCUT2D eigenvalue weighted by Crippen LogP contribution is 2.10. The molecular weight excluding hydrogens is 240 g/mol. The molecular formula is C15H22N2O2. The van der Waals surface area contributed by atoms with Crippen LogP contribution in [0.25, 0.3) is 0 Å². The zero-order valence-electron chi connectivity index (χ0n) is 11.5. The van der Waals surface area contributed by atoms with Gasteiger partial charge in [-0.15, -0.1) is 0 Å². The fourth-order valence-electron chi connectivity index (χ4n) is 2.32. The molecule has 104 valence electrons. The largest absolute Gasteiger partial charge is 0.445 e. The van der Waals surface area contributed by atoms with Gasteiger partial charge < -0.3 is 15.0 Å². The van der Waals surface area contributed by atoms with E-state index in [1.54, 1.807) is 0 Å². The van der Waals surface area contributed by atoms with Crippen molar-refractivity contribution >= 4 is 6.09 Å². The van der Waals surface area contributed by atoms with Gasteiger partial charge in [0.1, 0.15) is 6.61 Å². The van der Waals surface area contributed by atoms with E-state index in [9.17, 15) is 4.79 Å². The van der Waals surface area contributed by atoms with Gasteiger partial charge in [-0.25, -0.2) is 4.79 Å². The van der Waals surface area contributed by atoms with Crippen LogP contribution < -0.4 is 5.32 Å². The average molecular weight is 262 g/mol. The normalized spacial score (nSPS) is 17.1. The standard InChI is InChI=1S/C15H22N2O2/c1-2-17-10-8-14(9-11-17)16-15(18)19-12-13-6-4-3-5-7-13/h3-7,14H,2,8-12H2,1H3,(H,16,18). The number of carbonyl (C=O) groups excluding carboxylic acids is 1. The van der Waals surface area contributed by atoms with Crippen LogP contribution in [0, 0.1) is 0 Å². The van der Waals surface area contributed by atoms with Crippen molar-refractivity contribution in [3.05, 3.63) is 35.9 Å². The van der Waals surface area contributed by atoms with Crippen LogP contribution in [0.4, 0.5) is 4.79 Å². The van der Waals surface area contributed by atoms with Crippen LogP contribution in [0.1, 0.15) is 25.3 Å². The van der Waals surface area contributed by atoms with E-state index in [1.165, 1.54) is 0 Å². The van der Waals surface area contributed by atoms with Crippen LogP contribution in [0.3, 0.4) is 0 Å². The van der Waals surface area contributed by atoms with E-state index in [4.69, 9.17) is 4.74 Å². The van der Waals surface area contributed by atoms with Crippen molar-refractivity contribution in [2.45, 2.75) is 32.4 Å². The van der Waals surface area contributed by atoms with E-state index < -0.39 is 0 Å². The Morgan fingerprint density at radius 1 is 1.32 bits per heavy atom. The summed E-state index contributed by atoms with van der Waals surface area (Å²) in [6, 6.07) is 9.99. The van der Waals surface area contributed by atoms with Crippen LogP contribution in [0.5, 0.6) is 0 Å². The van der Waals surface area contributed by atoms with Gasteiger partial charge in [-0.1, -0.05) is 37.3 Å². The summed E-state index contributed by atoms with van der Waals surface area (Å²) in [6.07, 6.45) is 1.71. The number of amides is 1. The first-order chi connectivity index (χ1) is 9.28. The Bertz CT molecular complexity index is 386. The summed E-state index contributed by atoms with van der Waals surface area (Å²) >= 11 is 0. The van der Waals surface area contributed by atoms with E-state index in [-0.39, 0.29) is 12.1 Å². The Hall–Kier alpha value is -1.55. The summed E-state index contributed by atoms with van der Waals surface area (Å²) in [4.78, 5) is 14.1. The first kappa shape index (κ1) is 13.9. The van der Waals surface area contributed by atoms with Gasteiger partial charge in [0.2, 0.25) is 0 Å². The maximum atomic E-state index is 11.7. The number of benzene rings is 1. The predicted molar refractivity (Wildman–Crippen MR) is 74.9 cm³/mol. The number of ether oxygens (including phenoxy) is 1. The van der Waals surface area contributed by atoms with Gasteiger partial charge in [-0.05, 0) is 24.9 Å². The minimum atomic E-state index is -0.307. The molecule has 1 aliphatic rings. The Morgan fingerprint density at radius 3 is 2.63 bits per heavy atom.